The highest BCUT2D eigenvalue weighted by Gasteiger charge is 2.43. The van der Waals surface area contributed by atoms with E-state index in [1.165, 1.54) is 11.8 Å². The monoisotopic (exact) mass is 468 g/mol. The summed E-state index contributed by atoms with van der Waals surface area (Å²) in [6.45, 7) is 3.94. The number of carbonyl (C=O) groups is 2. The van der Waals surface area contributed by atoms with E-state index in [0.717, 1.165) is 28.1 Å². The molecule has 1 N–H and O–H groups in total. The predicted octanol–water partition coefficient (Wildman–Crippen LogP) is 5.48. The Kier molecular flexibility index (Phi) is 6.02. The number of hydrogen-bond donors (Lipinski definition) is 1. The first-order chi connectivity index (χ1) is 16.5. The SMILES string of the molecule is CCC(SC1=Nc2ccccc2C2=NC(c3ccccc3)C(=O)N12)C(=O)Nc1cccc(C)c1. The Morgan fingerprint density at radius 3 is 2.59 bits per heavy atom. The van der Waals surface area contributed by atoms with E-state index in [2.05, 4.69) is 5.32 Å². The Morgan fingerprint density at radius 2 is 1.82 bits per heavy atom. The number of thioether (sulfide) groups is 1. The number of aryl methyl sites for hydroxylation is 1. The van der Waals surface area contributed by atoms with Gasteiger partial charge >= 0.3 is 0 Å². The molecule has 2 heterocycles. The van der Waals surface area contributed by atoms with Gasteiger partial charge in [-0.2, -0.15) is 0 Å². The van der Waals surface area contributed by atoms with Crippen LogP contribution in [0, 0.1) is 6.92 Å². The summed E-state index contributed by atoms with van der Waals surface area (Å²) in [4.78, 5) is 37.8. The van der Waals surface area contributed by atoms with Gasteiger partial charge in [-0.15, -0.1) is 0 Å². The second kappa shape index (κ2) is 9.27. The van der Waals surface area contributed by atoms with Crippen LogP contribution >= 0.6 is 11.8 Å². The number of nitrogens with one attached hydrogen (secondary N) is 1. The van der Waals surface area contributed by atoms with Crippen LogP contribution in [0.15, 0.2) is 88.8 Å². The molecule has 2 aliphatic heterocycles. The number of carbonyl (C=O) groups excluding carboxylic acids is 2. The van der Waals surface area contributed by atoms with Crippen LogP contribution in [0.1, 0.15) is 36.1 Å². The maximum atomic E-state index is 13.5. The van der Waals surface area contributed by atoms with Gasteiger partial charge in [0, 0.05) is 11.3 Å². The van der Waals surface area contributed by atoms with Crippen molar-refractivity contribution in [3.8, 4) is 0 Å². The molecule has 2 unspecified atom stereocenters. The molecule has 34 heavy (non-hydrogen) atoms. The van der Waals surface area contributed by atoms with Gasteiger partial charge in [-0.1, -0.05) is 73.3 Å². The first-order valence-corrected chi connectivity index (χ1v) is 12.1. The summed E-state index contributed by atoms with van der Waals surface area (Å²) in [6.07, 6.45) is 0.583. The number of anilines is 1. The van der Waals surface area contributed by atoms with Gasteiger partial charge in [0.1, 0.15) is 5.84 Å². The number of para-hydroxylation sites is 1. The van der Waals surface area contributed by atoms with Crippen LogP contribution in [-0.4, -0.2) is 33.0 Å². The number of fused-ring (bicyclic) bond motifs is 3. The van der Waals surface area contributed by atoms with E-state index in [1.807, 2.05) is 92.7 Å². The van der Waals surface area contributed by atoms with Gasteiger partial charge in [0.05, 0.1) is 10.9 Å². The Balaban J connectivity index is 1.46. The molecule has 5 rings (SSSR count). The van der Waals surface area contributed by atoms with Crippen LogP contribution in [0.5, 0.6) is 0 Å². The molecule has 2 atom stereocenters. The van der Waals surface area contributed by atoms with Crippen molar-refractivity contribution in [2.75, 3.05) is 5.32 Å². The average Bonchev–Trinajstić information content (AvgIpc) is 3.20. The topological polar surface area (TPSA) is 74.1 Å². The molecule has 0 bridgehead atoms. The number of rotatable bonds is 5. The molecule has 3 aromatic carbocycles. The summed E-state index contributed by atoms with van der Waals surface area (Å²) in [6, 6.07) is 24.3. The molecular formula is C27H24N4O2S. The van der Waals surface area contributed by atoms with E-state index < -0.39 is 11.3 Å². The Hall–Kier alpha value is -3.71. The number of aliphatic imine (C=N–C) groups is 2. The molecule has 2 aliphatic rings. The number of amides is 2. The van der Waals surface area contributed by atoms with Crippen molar-refractivity contribution in [1.82, 2.24) is 4.90 Å². The second-order valence-corrected chi connectivity index (χ2v) is 9.39. The summed E-state index contributed by atoms with van der Waals surface area (Å²) < 4.78 is 0. The molecule has 6 nitrogen and oxygen atoms in total. The molecule has 0 fully saturated rings. The first-order valence-electron chi connectivity index (χ1n) is 11.2. The fourth-order valence-electron chi connectivity index (χ4n) is 4.08. The molecule has 0 aromatic heterocycles. The molecule has 0 radical (unpaired) electrons. The summed E-state index contributed by atoms with van der Waals surface area (Å²) in [5.74, 6) is 0.307. The van der Waals surface area contributed by atoms with Gasteiger partial charge < -0.3 is 5.32 Å². The molecule has 0 saturated heterocycles. The van der Waals surface area contributed by atoms with Crippen LogP contribution in [-0.2, 0) is 9.59 Å². The second-order valence-electron chi connectivity index (χ2n) is 8.22. The van der Waals surface area contributed by atoms with Crippen LogP contribution in [0.25, 0.3) is 0 Å². The fraction of sp³-hybridized carbons (Fsp3) is 0.185. The first kappa shape index (κ1) is 22.1. The van der Waals surface area contributed by atoms with Crippen molar-refractivity contribution in [3.63, 3.8) is 0 Å². The lowest BCUT2D eigenvalue weighted by Gasteiger charge is -2.27. The van der Waals surface area contributed by atoms with Gasteiger partial charge in [0.15, 0.2) is 11.2 Å². The minimum absolute atomic E-state index is 0.121. The van der Waals surface area contributed by atoms with Gasteiger partial charge in [-0.3, -0.25) is 9.59 Å². The molecule has 2 amide bonds. The van der Waals surface area contributed by atoms with Crippen molar-refractivity contribution in [2.45, 2.75) is 31.6 Å². The summed E-state index contributed by atoms with van der Waals surface area (Å²) in [5.41, 5.74) is 4.22. The van der Waals surface area contributed by atoms with Crippen molar-refractivity contribution in [1.29, 1.82) is 0 Å². The Bertz CT molecular complexity index is 1320. The zero-order valence-electron chi connectivity index (χ0n) is 18.9. The average molecular weight is 469 g/mol. The normalized spacial score (nSPS) is 17.4. The zero-order chi connectivity index (χ0) is 23.7. The van der Waals surface area contributed by atoms with E-state index in [4.69, 9.17) is 9.98 Å². The number of hydrogen-bond acceptors (Lipinski definition) is 5. The van der Waals surface area contributed by atoms with Gasteiger partial charge in [0.25, 0.3) is 5.91 Å². The van der Waals surface area contributed by atoms with Crippen LogP contribution in [0.2, 0.25) is 0 Å². The van der Waals surface area contributed by atoms with E-state index in [-0.39, 0.29) is 11.8 Å². The van der Waals surface area contributed by atoms with Crippen molar-refractivity contribution >= 4 is 46.0 Å². The Labute approximate surface area is 202 Å². The van der Waals surface area contributed by atoms with Gasteiger partial charge in [0.2, 0.25) is 5.91 Å². The lowest BCUT2D eigenvalue weighted by atomic mass is 10.1. The molecule has 3 aromatic rings. The van der Waals surface area contributed by atoms with Crippen LogP contribution in [0.4, 0.5) is 11.4 Å². The zero-order valence-corrected chi connectivity index (χ0v) is 19.8. The summed E-state index contributed by atoms with van der Waals surface area (Å²) >= 11 is 1.30. The molecule has 170 valence electrons. The summed E-state index contributed by atoms with van der Waals surface area (Å²) in [5, 5.41) is 3.06. The molecule has 7 heteroatoms. The minimum Gasteiger partial charge on any atom is -0.325 e. The van der Waals surface area contributed by atoms with E-state index in [9.17, 15) is 9.59 Å². The largest absolute Gasteiger partial charge is 0.325 e. The third-order valence-electron chi connectivity index (χ3n) is 5.78. The predicted molar refractivity (Wildman–Crippen MR) is 138 cm³/mol. The molecule has 0 aliphatic carbocycles. The van der Waals surface area contributed by atoms with E-state index in [1.54, 1.807) is 4.90 Å². The lowest BCUT2D eigenvalue weighted by Crippen LogP contribution is -2.41. The number of nitrogens with zero attached hydrogens (tertiary/aromatic N) is 3. The maximum absolute atomic E-state index is 13.5. The fourth-order valence-corrected chi connectivity index (χ4v) is 5.10. The van der Waals surface area contributed by atoms with E-state index in [0.29, 0.717) is 17.4 Å². The highest BCUT2D eigenvalue weighted by Crippen LogP contribution is 2.38. The quantitative estimate of drug-likeness (QED) is 0.539. The molecule has 0 saturated carbocycles. The Morgan fingerprint density at radius 1 is 1.06 bits per heavy atom. The minimum atomic E-state index is -0.630. The number of amidine groups is 2. The van der Waals surface area contributed by atoms with Crippen LogP contribution < -0.4 is 5.32 Å². The smallest absolute Gasteiger partial charge is 0.263 e. The van der Waals surface area contributed by atoms with Gasteiger partial charge in [-0.05, 0) is 48.7 Å². The molecule has 0 spiro atoms. The van der Waals surface area contributed by atoms with Crippen molar-refractivity contribution < 1.29 is 9.59 Å². The van der Waals surface area contributed by atoms with Crippen molar-refractivity contribution in [3.05, 3.63) is 95.6 Å². The molecular weight excluding hydrogens is 444 g/mol. The third kappa shape index (κ3) is 4.15. The summed E-state index contributed by atoms with van der Waals surface area (Å²) in [7, 11) is 0. The number of benzene rings is 3. The van der Waals surface area contributed by atoms with Crippen LogP contribution in [0.3, 0.4) is 0 Å². The standard InChI is InChI=1S/C27H24N4O2S/c1-3-22(25(32)28-19-13-9-10-17(2)16-19)34-27-29-21-15-8-7-14-20(21)24-30-23(26(33)31(24)27)18-11-5-4-6-12-18/h4-16,22-23H,3H2,1-2H3,(H,28,32). The van der Waals surface area contributed by atoms with Crippen molar-refractivity contribution in [2.24, 2.45) is 9.98 Å². The lowest BCUT2D eigenvalue weighted by molar-refractivity contribution is -0.124. The van der Waals surface area contributed by atoms with Gasteiger partial charge in [-0.25, -0.2) is 14.9 Å². The maximum Gasteiger partial charge on any atom is 0.263 e. The highest BCUT2D eigenvalue weighted by molar-refractivity contribution is 8.15. The third-order valence-corrected chi connectivity index (χ3v) is 7.10. The highest BCUT2D eigenvalue weighted by atomic mass is 32.2. The van der Waals surface area contributed by atoms with E-state index >= 15 is 0 Å².